The number of hydrogen-bond donors (Lipinski definition) is 8. The van der Waals surface area contributed by atoms with Gasteiger partial charge in [-0.05, 0) is 120 Å². The number of carbonyl (C=O) groups is 8. The lowest BCUT2D eigenvalue weighted by Crippen LogP contribution is -2.59. The third-order valence-electron chi connectivity index (χ3n) is 18.1. The molecule has 0 spiro atoms. The molecule has 0 aromatic heterocycles. The fourth-order valence-electron chi connectivity index (χ4n) is 11.7. The second kappa shape index (κ2) is 32.6. The van der Waals surface area contributed by atoms with Crippen LogP contribution in [0.25, 0.3) is 0 Å². The van der Waals surface area contributed by atoms with E-state index < -0.39 is 119 Å². The molecular weight excluding hydrogens is 1210 g/mol. The van der Waals surface area contributed by atoms with Gasteiger partial charge in [0.25, 0.3) is 11.8 Å². The molecule has 10 atom stereocenters. The molecule has 2 heterocycles. The van der Waals surface area contributed by atoms with E-state index in [1.807, 2.05) is 126 Å². The summed E-state index contributed by atoms with van der Waals surface area (Å²) in [5.41, 5.74) is 4.66. The van der Waals surface area contributed by atoms with Crippen molar-refractivity contribution in [3.8, 4) is 0 Å². The molecule has 8 amide bonds. The van der Waals surface area contributed by atoms with Gasteiger partial charge in [-0.1, -0.05) is 192 Å². The van der Waals surface area contributed by atoms with Gasteiger partial charge in [-0.3, -0.25) is 38.4 Å². The summed E-state index contributed by atoms with van der Waals surface area (Å²) in [4.78, 5) is 118. The highest BCUT2D eigenvalue weighted by atomic mass is 16.5. The van der Waals surface area contributed by atoms with Gasteiger partial charge < -0.3 is 61.8 Å². The van der Waals surface area contributed by atoms with Gasteiger partial charge in [-0.2, -0.15) is 0 Å². The Morgan fingerprint density at radius 2 is 0.771 bits per heavy atom. The highest BCUT2D eigenvalue weighted by molar-refractivity contribution is 5.99. The van der Waals surface area contributed by atoms with E-state index >= 15 is 0 Å². The molecule has 0 unspecified atom stereocenters. The van der Waals surface area contributed by atoms with Gasteiger partial charge in [0, 0.05) is 36.3 Å². The molecule has 2 fully saturated rings. The maximum Gasteiger partial charge on any atom is 0.251 e. The standard InChI is InChI=1S/C76H104N10O10/c1-47(77-15)65(87)83-63(75(9,10)11)71(93)85-41-57(39-61(85)69(91)81-59(51-23-19-17-20-24-51)45-95-43-49-27-35-55(36-28-49)73(3,4)5)79-67(89)53-31-33-54(34-32-53)68(90)80-58-40-62(86(42-58)72(94)64(76(12,13)14)84-66(88)48(2)78-16)70(92)82-60(52-25-21-18-22-26-52)46-96-44-50-29-37-56(38-30-50)74(6,7)8/h17-38,47-48,57-64,77-78H,39-46H2,1-16H3,(H,79,89)(H,80,90)(H,81,91)(H,82,92)(H,83,87)(H,84,88)/t47-,48-,57-,58-,59+,60+,61-,62-,63+,64+/m0/s1. The summed E-state index contributed by atoms with van der Waals surface area (Å²) in [5, 5.41) is 24.1. The van der Waals surface area contributed by atoms with Crippen molar-refractivity contribution in [3.05, 3.63) is 178 Å². The topological polar surface area (TPSA) is 258 Å². The van der Waals surface area contributed by atoms with Crippen molar-refractivity contribution in [2.45, 2.75) is 194 Å². The zero-order valence-electron chi connectivity index (χ0n) is 59.1. The molecule has 0 saturated carbocycles. The summed E-state index contributed by atoms with van der Waals surface area (Å²) in [6, 6.07) is 33.1. The number of hydrogen-bond acceptors (Lipinski definition) is 12. The predicted molar refractivity (Wildman–Crippen MR) is 373 cm³/mol. The molecule has 2 saturated heterocycles. The van der Waals surface area contributed by atoms with Crippen LogP contribution in [0, 0.1) is 10.8 Å². The number of benzene rings is 5. The van der Waals surface area contributed by atoms with Crippen molar-refractivity contribution >= 4 is 47.3 Å². The first-order chi connectivity index (χ1) is 45.2. The smallest absolute Gasteiger partial charge is 0.251 e. The monoisotopic (exact) mass is 1320 g/mol. The number of amides is 8. The number of nitrogens with zero attached hydrogens (tertiary/aromatic N) is 2. The fraction of sp³-hybridized carbons (Fsp3) is 0.500. The Morgan fingerprint density at radius 3 is 1.06 bits per heavy atom. The molecule has 8 N–H and O–H groups in total. The predicted octanol–water partition coefficient (Wildman–Crippen LogP) is 8.11. The number of likely N-dealkylation sites (tertiary alicyclic amines) is 2. The molecule has 20 heteroatoms. The molecule has 5 aromatic rings. The van der Waals surface area contributed by atoms with Crippen LogP contribution in [-0.2, 0) is 62.3 Å². The van der Waals surface area contributed by atoms with Crippen molar-refractivity contribution in [2.24, 2.45) is 10.8 Å². The first-order valence-corrected chi connectivity index (χ1v) is 33.5. The van der Waals surface area contributed by atoms with Crippen molar-refractivity contribution in [3.63, 3.8) is 0 Å². The Balaban J connectivity index is 1.08. The molecule has 2 aliphatic heterocycles. The van der Waals surface area contributed by atoms with E-state index in [2.05, 4.69) is 108 Å². The number of likely N-dealkylation sites (N-methyl/N-ethyl adjacent to an activating group) is 2. The zero-order valence-corrected chi connectivity index (χ0v) is 59.1. The fourth-order valence-corrected chi connectivity index (χ4v) is 11.7. The van der Waals surface area contributed by atoms with Gasteiger partial charge in [0.2, 0.25) is 35.4 Å². The molecule has 20 nitrogen and oxygen atoms in total. The third kappa shape index (κ3) is 20.4. The van der Waals surface area contributed by atoms with E-state index in [9.17, 15) is 38.4 Å². The summed E-state index contributed by atoms with van der Waals surface area (Å²) >= 11 is 0. The quantitative estimate of drug-likeness (QED) is 0.0261. The Hall–Kier alpha value is -8.30. The largest absolute Gasteiger partial charge is 0.374 e. The number of rotatable bonds is 26. The average Bonchev–Trinajstić information content (AvgIpc) is 1.62. The van der Waals surface area contributed by atoms with Gasteiger partial charge in [-0.25, -0.2) is 0 Å². The Kier molecular flexibility index (Phi) is 25.5. The van der Waals surface area contributed by atoms with Gasteiger partial charge in [0.05, 0.1) is 50.6 Å². The van der Waals surface area contributed by atoms with Crippen LogP contribution in [0.3, 0.4) is 0 Å². The van der Waals surface area contributed by atoms with Crippen LogP contribution in [0.2, 0.25) is 0 Å². The maximum absolute atomic E-state index is 15.0. The van der Waals surface area contributed by atoms with Gasteiger partial charge >= 0.3 is 0 Å². The van der Waals surface area contributed by atoms with Crippen LogP contribution in [0.15, 0.2) is 133 Å². The second-order valence-electron chi connectivity index (χ2n) is 29.9. The van der Waals surface area contributed by atoms with Crippen molar-refractivity contribution in [2.75, 3.05) is 40.4 Å². The lowest BCUT2D eigenvalue weighted by Gasteiger charge is -2.36. The molecular formula is C76H104N10O10. The second-order valence-corrected chi connectivity index (χ2v) is 29.9. The van der Waals surface area contributed by atoms with Crippen LogP contribution in [-0.4, -0.2) is 146 Å². The van der Waals surface area contributed by atoms with Crippen LogP contribution >= 0.6 is 0 Å². The first-order valence-electron chi connectivity index (χ1n) is 33.5. The molecule has 96 heavy (non-hydrogen) atoms. The Bertz CT molecular complexity index is 3220. The minimum Gasteiger partial charge on any atom is -0.374 e. The maximum atomic E-state index is 15.0. The van der Waals surface area contributed by atoms with Gasteiger partial charge in [0.15, 0.2) is 0 Å². The van der Waals surface area contributed by atoms with Crippen molar-refractivity contribution in [1.29, 1.82) is 0 Å². The summed E-state index contributed by atoms with van der Waals surface area (Å²) < 4.78 is 12.6. The molecule has 0 bridgehead atoms. The third-order valence-corrected chi connectivity index (χ3v) is 18.1. The SMILES string of the molecule is CN[C@@H](C)C(=O)N[C@H](C(=O)N1C[C@@H](NC(=O)c2ccc(C(=O)N[C@H]3C[C@@H](C(=O)N[C@H](COCc4ccc(C(C)(C)C)cc4)c4ccccc4)N(C(=O)[C@@H](NC(=O)[C@H](C)NC)C(C)(C)C)C3)cc2)C[C@H]1C(=O)N[C@H](COCc1ccc(C(C)(C)C)cc1)c1ccccc1)C(C)(C)C. The van der Waals surface area contributed by atoms with Crippen LogP contribution in [0.1, 0.15) is 176 Å². The summed E-state index contributed by atoms with van der Waals surface area (Å²) in [7, 11) is 3.29. The first kappa shape index (κ1) is 75.1. The lowest BCUT2D eigenvalue weighted by atomic mass is 9.85. The molecule has 0 aliphatic carbocycles. The Labute approximate surface area is 568 Å². The van der Waals surface area contributed by atoms with Crippen molar-refractivity contribution < 1.29 is 47.8 Å². The summed E-state index contributed by atoms with van der Waals surface area (Å²) in [5.74, 6) is -3.76. The highest BCUT2D eigenvalue weighted by Gasteiger charge is 2.48. The molecule has 0 radical (unpaired) electrons. The summed E-state index contributed by atoms with van der Waals surface area (Å²) in [6.45, 7) is 28.0. The van der Waals surface area contributed by atoms with E-state index in [0.717, 1.165) is 22.3 Å². The van der Waals surface area contributed by atoms with E-state index in [1.165, 1.54) is 45.2 Å². The van der Waals surface area contributed by atoms with Gasteiger partial charge in [-0.15, -0.1) is 0 Å². The molecule has 2 aliphatic rings. The minimum absolute atomic E-state index is 0.0163. The lowest BCUT2D eigenvalue weighted by molar-refractivity contribution is -0.144. The normalized spacial score (nSPS) is 18.6. The summed E-state index contributed by atoms with van der Waals surface area (Å²) in [6.07, 6.45) is 0.0744. The number of carbonyl (C=O) groups excluding carboxylic acids is 8. The van der Waals surface area contributed by atoms with Crippen molar-refractivity contribution in [1.82, 2.24) is 52.3 Å². The zero-order chi connectivity index (χ0) is 70.5. The minimum atomic E-state index is -1.08. The van der Waals surface area contributed by atoms with Gasteiger partial charge in [0.1, 0.15) is 24.2 Å². The highest BCUT2D eigenvalue weighted by Crippen LogP contribution is 2.31. The van der Waals surface area contributed by atoms with E-state index in [0.29, 0.717) is 13.2 Å². The number of nitrogens with one attached hydrogen (secondary N) is 8. The van der Waals surface area contributed by atoms with E-state index in [4.69, 9.17) is 9.47 Å². The van der Waals surface area contributed by atoms with E-state index in [-0.39, 0.29) is 61.1 Å². The number of ether oxygens (including phenoxy) is 2. The molecule has 7 rings (SSSR count). The molecule has 518 valence electrons. The van der Waals surface area contributed by atoms with Crippen LogP contribution < -0.4 is 42.5 Å². The average molecular weight is 1320 g/mol. The van der Waals surface area contributed by atoms with Crippen LogP contribution in [0.5, 0.6) is 0 Å². The Morgan fingerprint density at radius 1 is 0.448 bits per heavy atom. The molecule has 5 aromatic carbocycles. The van der Waals surface area contributed by atoms with Crippen LogP contribution in [0.4, 0.5) is 0 Å². The van der Waals surface area contributed by atoms with E-state index in [1.54, 1.807) is 27.9 Å².